The standard InChI is InChI=1S/C10H8S.C4H10N2/c11-10-6-5-8-3-1-2-4-9(8)7-10;1-2-6-4-3-5-1/h1-7,11H;5-6H,1-4H2. The molecule has 0 aliphatic carbocycles. The van der Waals surface area contributed by atoms with Crippen molar-refractivity contribution in [3.63, 3.8) is 0 Å². The lowest BCUT2D eigenvalue weighted by Gasteiger charge is -2.11. The first-order chi connectivity index (χ1) is 8.36. The topological polar surface area (TPSA) is 24.1 Å². The number of fused-ring (bicyclic) bond motifs is 1. The second-order valence-electron chi connectivity index (χ2n) is 4.03. The van der Waals surface area contributed by atoms with Gasteiger partial charge in [0.15, 0.2) is 0 Å². The van der Waals surface area contributed by atoms with Crippen LogP contribution in [0.1, 0.15) is 0 Å². The lowest BCUT2D eigenvalue weighted by molar-refractivity contribution is 0.534. The van der Waals surface area contributed by atoms with E-state index < -0.39 is 0 Å². The van der Waals surface area contributed by atoms with Gasteiger partial charge in [0.1, 0.15) is 0 Å². The predicted molar refractivity (Wildman–Crippen MR) is 76.9 cm³/mol. The Morgan fingerprint density at radius 1 is 0.765 bits per heavy atom. The highest BCUT2D eigenvalue weighted by Gasteiger charge is 1.91. The monoisotopic (exact) mass is 246 g/mol. The molecule has 0 aromatic heterocycles. The van der Waals surface area contributed by atoms with Crippen LogP contribution >= 0.6 is 12.6 Å². The van der Waals surface area contributed by atoms with Crippen LogP contribution in [0.4, 0.5) is 0 Å². The molecule has 2 aromatic rings. The second-order valence-corrected chi connectivity index (χ2v) is 4.55. The number of nitrogens with one attached hydrogen (secondary N) is 2. The molecule has 1 fully saturated rings. The highest BCUT2D eigenvalue weighted by atomic mass is 32.1. The molecule has 1 aliphatic rings. The molecule has 3 heteroatoms. The van der Waals surface area contributed by atoms with Gasteiger partial charge in [-0.3, -0.25) is 0 Å². The zero-order valence-electron chi connectivity index (χ0n) is 9.82. The number of piperazine rings is 1. The van der Waals surface area contributed by atoms with Gasteiger partial charge in [-0.2, -0.15) is 0 Å². The molecular weight excluding hydrogens is 228 g/mol. The van der Waals surface area contributed by atoms with Crippen LogP contribution in [0.25, 0.3) is 10.8 Å². The summed E-state index contributed by atoms with van der Waals surface area (Å²) >= 11 is 4.26. The predicted octanol–water partition coefficient (Wildman–Crippen LogP) is 2.31. The van der Waals surface area contributed by atoms with Crippen LogP contribution in [0.5, 0.6) is 0 Å². The first-order valence-corrected chi connectivity index (χ1v) is 6.40. The van der Waals surface area contributed by atoms with Gasteiger partial charge in [-0.1, -0.05) is 30.3 Å². The Morgan fingerprint density at radius 3 is 1.94 bits per heavy atom. The molecule has 90 valence electrons. The highest BCUT2D eigenvalue weighted by molar-refractivity contribution is 7.80. The van der Waals surface area contributed by atoms with Crippen LogP contribution in [-0.2, 0) is 0 Å². The summed E-state index contributed by atoms with van der Waals surface area (Å²) in [6.07, 6.45) is 0. The van der Waals surface area contributed by atoms with E-state index in [9.17, 15) is 0 Å². The van der Waals surface area contributed by atoms with Crippen LogP contribution in [0, 0.1) is 0 Å². The summed E-state index contributed by atoms with van der Waals surface area (Å²) in [7, 11) is 0. The third-order valence-corrected chi connectivity index (χ3v) is 2.97. The summed E-state index contributed by atoms with van der Waals surface area (Å²) in [5, 5.41) is 8.96. The molecule has 0 unspecified atom stereocenters. The van der Waals surface area contributed by atoms with Crippen molar-refractivity contribution in [2.45, 2.75) is 4.90 Å². The van der Waals surface area contributed by atoms with Gasteiger partial charge in [-0.05, 0) is 22.9 Å². The van der Waals surface area contributed by atoms with Crippen LogP contribution in [-0.4, -0.2) is 26.2 Å². The van der Waals surface area contributed by atoms with Crippen LogP contribution in [0.2, 0.25) is 0 Å². The molecule has 2 aromatic carbocycles. The summed E-state index contributed by atoms with van der Waals surface area (Å²) in [6.45, 7) is 4.56. The third kappa shape index (κ3) is 4.04. The second kappa shape index (κ2) is 6.64. The molecule has 0 atom stereocenters. The Labute approximate surface area is 108 Å². The van der Waals surface area contributed by atoms with E-state index in [1.54, 1.807) is 0 Å². The van der Waals surface area contributed by atoms with Gasteiger partial charge >= 0.3 is 0 Å². The molecule has 2 nitrogen and oxygen atoms in total. The minimum atomic E-state index is 1.02. The molecule has 0 saturated carbocycles. The van der Waals surface area contributed by atoms with Gasteiger partial charge in [0.25, 0.3) is 0 Å². The summed E-state index contributed by atoms with van der Waals surface area (Å²) in [5.74, 6) is 0. The maximum atomic E-state index is 4.26. The Morgan fingerprint density at radius 2 is 1.35 bits per heavy atom. The number of hydrogen-bond acceptors (Lipinski definition) is 3. The van der Waals surface area contributed by atoms with Gasteiger partial charge in [-0.15, -0.1) is 12.6 Å². The van der Waals surface area contributed by atoms with E-state index in [1.165, 1.54) is 10.8 Å². The fourth-order valence-corrected chi connectivity index (χ4v) is 1.99. The quantitative estimate of drug-likeness (QED) is 0.621. The Kier molecular flexibility index (Phi) is 4.86. The average molecular weight is 246 g/mol. The SMILES string of the molecule is C1CNCCN1.Sc1ccc2ccccc2c1. The minimum Gasteiger partial charge on any atom is -0.314 e. The molecule has 17 heavy (non-hydrogen) atoms. The van der Waals surface area contributed by atoms with E-state index in [-0.39, 0.29) is 0 Å². The van der Waals surface area contributed by atoms with Crippen molar-refractivity contribution >= 4 is 23.4 Å². The maximum Gasteiger partial charge on any atom is 0.00772 e. The number of benzene rings is 2. The van der Waals surface area contributed by atoms with Crippen LogP contribution in [0.3, 0.4) is 0 Å². The zero-order chi connectivity index (χ0) is 11.9. The summed E-state index contributed by atoms with van der Waals surface area (Å²) < 4.78 is 0. The van der Waals surface area contributed by atoms with Crippen molar-refractivity contribution < 1.29 is 0 Å². The molecule has 0 spiro atoms. The van der Waals surface area contributed by atoms with Gasteiger partial charge in [0.05, 0.1) is 0 Å². The van der Waals surface area contributed by atoms with E-state index >= 15 is 0 Å². The molecule has 2 N–H and O–H groups in total. The molecule has 3 rings (SSSR count). The normalized spacial score (nSPS) is 15.1. The summed E-state index contributed by atoms with van der Waals surface area (Å²) in [6, 6.07) is 14.4. The highest BCUT2D eigenvalue weighted by Crippen LogP contribution is 2.17. The van der Waals surface area contributed by atoms with Gasteiger partial charge in [0, 0.05) is 31.1 Å². The lowest BCUT2D eigenvalue weighted by atomic mass is 10.1. The first-order valence-electron chi connectivity index (χ1n) is 5.95. The van der Waals surface area contributed by atoms with Gasteiger partial charge in [0.2, 0.25) is 0 Å². The molecule has 0 bridgehead atoms. The zero-order valence-corrected chi connectivity index (χ0v) is 10.7. The molecule has 1 saturated heterocycles. The number of rotatable bonds is 0. The number of hydrogen-bond donors (Lipinski definition) is 3. The Balaban J connectivity index is 0.000000153. The lowest BCUT2D eigenvalue weighted by Crippen LogP contribution is -2.39. The Hall–Kier alpha value is -1.03. The van der Waals surface area contributed by atoms with Crippen LogP contribution in [0.15, 0.2) is 47.4 Å². The third-order valence-electron chi connectivity index (χ3n) is 2.69. The minimum absolute atomic E-state index is 1.02. The van der Waals surface area contributed by atoms with E-state index in [4.69, 9.17) is 0 Å². The van der Waals surface area contributed by atoms with E-state index in [1.807, 2.05) is 18.2 Å². The Bertz CT molecular complexity index is 455. The fraction of sp³-hybridized carbons (Fsp3) is 0.286. The van der Waals surface area contributed by atoms with Crippen molar-refractivity contribution in [3.8, 4) is 0 Å². The molecule has 1 heterocycles. The molecule has 1 aliphatic heterocycles. The van der Waals surface area contributed by atoms with E-state index in [0.29, 0.717) is 0 Å². The van der Waals surface area contributed by atoms with Crippen molar-refractivity contribution in [2.75, 3.05) is 26.2 Å². The largest absolute Gasteiger partial charge is 0.314 e. The van der Waals surface area contributed by atoms with Gasteiger partial charge < -0.3 is 10.6 Å². The fourth-order valence-electron chi connectivity index (χ4n) is 1.78. The van der Waals surface area contributed by atoms with Crippen molar-refractivity contribution in [1.82, 2.24) is 10.6 Å². The van der Waals surface area contributed by atoms with E-state index in [0.717, 1.165) is 31.1 Å². The molecule has 0 amide bonds. The van der Waals surface area contributed by atoms with Crippen molar-refractivity contribution in [2.24, 2.45) is 0 Å². The molecule has 0 radical (unpaired) electrons. The van der Waals surface area contributed by atoms with Crippen molar-refractivity contribution in [1.29, 1.82) is 0 Å². The molecular formula is C14H18N2S. The first kappa shape index (κ1) is 12.4. The summed E-state index contributed by atoms with van der Waals surface area (Å²) in [4.78, 5) is 1.02. The average Bonchev–Trinajstić information content (AvgIpc) is 2.41. The van der Waals surface area contributed by atoms with Crippen LogP contribution < -0.4 is 10.6 Å². The smallest absolute Gasteiger partial charge is 0.00772 e. The maximum absolute atomic E-state index is 4.26. The van der Waals surface area contributed by atoms with Gasteiger partial charge in [-0.25, -0.2) is 0 Å². The van der Waals surface area contributed by atoms with E-state index in [2.05, 4.69) is 47.5 Å². The number of thiol groups is 1. The summed E-state index contributed by atoms with van der Waals surface area (Å²) in [5.41, 5.74) is 0. The van der Waals surface area contributed by atoms with Crippen molar-refractivity contribution in [3.05, 3.63) is 42.5 Å².